The van der Waals surface area contributed by atoms with Crippen LogP contribution in [0.15, 0.2) is 24.3 Å². The van der Waals surface area contributed by atoms with E-state index in [2.05, 4.69) is 11.8 Å². The predicted octanol–water partition coefficient (Wildman–Crippen LogP) is 3.74. The fourth-order valence-corrected chi connectivity index (χ4v) is 3.45. The van der Waals surface area contributed by atoms with Crippen LogP contribution in [-0.4, -0.2) is 80.9 Å². The molecule has 1 amide bonds. The van der Waals surface area contributed by atoms with Crippen LogP contribution in [0.1, 0.15) is 41.5 Å². The van der Waals surface area contributed by atoms with Gasteiger partial charge in [0.05, 0.1) is 38.4 Å². The number of hydrogen-bond acceptors (Lipinski definition) is 10. The number of aromatic hydroxyl groups is 1. The Labute approximate surface area is 239 Å². The normalized spacial score (nSPS) is 12.2. The molecule has 1 fully saturated rings. The Morgan fingerprint density at radius 2 is 1.44 bits per heavy atom. The molecule has 1 aliphatic heterocycles. The molecule has 2 aromatic rings. The van der Waals surface area contributed by atoms with E-state index >= 15 is 0 Å². The summed E-state index contributed by atoms with van der Waals surface area (Å²) in [5.74, 6) is 5.76. The smallest absolute Gasteiger partial charge is 0.410 e. The second kappa shape index (κ2) is 14.9. The molecule has 0 bridgehead atoms. The van der Waals surface area contributed by atoms with Crippen molar-refractivity contribution in [1.29, 1.82) is 0 Å². The Hall–Kier alpha value is -5.03. The van der Waals surface area contributed by atoms with Crippen molar-refractivity contribution in [2.24, 2.45) is 0 Å². The molecule has 0 saturated carbocycles. The van der Waals surface area contributed by atoms with Gasteiger partial charge in [-0.3, -0.25) is 9.59 Å². The summed E-state index contributed by atoms with van der Waals surface area (Å²) in [7, 11) is 2.82. The van der Waals surface area contributed by atoms with Crippen molar-refractivity contribution in [2.45, 2.75) is 32.5 Å². The van der Waals surface area contributed by atoms with Crippen LogP contribution in [0.3, 0.4) is 0 Å². The van der Waals surface area contributed by atoms with E-state index in [-0.39, 0.29) is 42.1 Å². The highest BCUT2D eigenvalue weighted by molar-refractivity contribution is 5.83. The van der Waals surface area contributed by atoms with E-state index in [1.165, 1.54) is 31.3 Å². The Balaban J connectivity index is 0.000000333. The van der Waals surface area contributed by atoms with Gasteiger partial charge in [-0.15, -0.1) is 12.8 Å². The summed E-state index contributed by atoms with van der Waals surface area (Å²) in [6.45, 7) is 6.25. The van der Waals surface area contributed by atoms with Crippen molar-refractivity contribution < 1.29 is 47.9 Å². The first-order valence-electron chi connectivity index (χ1n) is 12.3. The molecule has 1 N–H and O–H groups in total. The van der Waals surface area contributed by atoms with Crippen LogP contribution in [0.5, 0.6) is 34.5 Å². The number of nitrogens with zero attached hydrogens (tertiary/aromatic N) is 1. The average molecular weight is 568 g/mol. The first kappa shape index (κ1) is 32.2. The number of carbonyl (C=O) groups excluding carboxylic acids is 3. The summed E-state index contributed by atoms with van der Waals surface area (Å²) in [5, 5.41) is 9.58. The molecule has 0 unspecified atom stereocenters. The van der Waals surface area contributed by atoms with Gasteiger partial charge in [0.2, 0.25) is 11.5 Å². The fraction of sp³-hybridized carbons (Fsp3) is 0.367. The molecule has 0 aromatic heterocycles. The Morgan fingerprint density at radius 3 is 1.90 bits per heavy atom. The van der Waals surface area contributed by atoms with Crippen molar-refractivity contribution in [3.8, 4) is 59.2 Å². The number of hydrogen-bond donors (Lipinski definition) is 1. The fourth-order valence-electron chi connectivity index (χ4n) is 3.45. The standard InChI is InChI=1S/C19H23NO6.C11H10O4/c1-6-9-24-15-8-7-13(12-21)16(17(15)23-5)25-14-10-20(11-14)18(22)26-19(2,3)4;1-3-6-15-9-5-4-8(7-12)10(13)11(9)14-2/h1,7-8,12,14H,9-11H2,2-5H3;1,4-5,7,13H,6H2,2H3. The third-order valence-corrected chi connectivity index (χ3v) is 5.30. The number of likely N-dealkylation sites (tertiary alicyclic amines) is 1. The van der Waals surface area contributed by atoms with Crippen molar-refractivity contribution in [3.05, 3.63) is 35.4 Å². The molecule has 0 spiro atoms. The molecule has 11 heteroatoms. The lowest BCUT2D eigenvalue weighted by molar-refractivity contribution is -0.0228. The van der Waals surface area contributed by atoms with E-state index in [4.69, 9.17) is 41.3 Å². The van der Waals surface area contributed by atoms with Crippen LogP contribution < -0.4 is 23.7 Å². The summed E-state index contributed by atoms with van der Waals surface area (Å²) in [4.78, 5) is 35.4. The summed E-state index contributed by atoms with van der Waals surface area (Å²) in [6.07, 6.45) is 10.8. The molecular weight excluding hydrogens is 534 g/mol. The van der Waals surface area contributed by atoms with Crippen LogP contribution in [-0.2, 0) is 4.74 Å². The largest absolute Gasteiger partial charge is 0.504 e. The Bertz CT molecular complexity index is 1310. The van der Waals surface area contributed by atoms with Crippen LogP contribution in [0.2, 0.25) is 0 Å². The van der Waals surface area contributed by atoms with E-state index in [0.29, 0.717) is 48.5 Å². The number of aldehydes is 2. The van der Waals surface area contributed by atoms with Crippen molar-refractivity contribution in [2.75, 3.05) is 40.5 Å². The number of phenolic OH excluding ortho intramolecular Hbond substituents is 1. The van der Waals surface area contributed by atoms with Gasteiger partial charge in [0.15, 0.2) is 35.6 Å². The average Bonchev–Trinajstić information content (AvgIpc) is 2.91. The summed E-state index contributed by atoms with van der Waals surface area (Å²) in [6, 6.07) is 6.11. The molecule has 1 heterocycles. The third-order valence-electron chi connectivity index (χ3n) is 5.30. The van der Waals surface area contributed by atoms with Gasteiger partial charge in [-0.1, -0.05) is 11.8 Å². The second-order valence-electron chi connectivity index (χ2n) is 9.40. The second-order valence-corrected chi connectivity index (χ2v) is 9.40. The SMILES string of the molecule is C#CCOc1ccc(C=O)c(O)c1OC.C#CCOc1ccc(C=O)c(OC2CN(C(=O)OC(C)(C)C)C2)c1OC. The highest BCUT2D eigenvalue weighted by Gasteiger charge is 2.36. The lowest BCUT2D eigenvalue weighted by Crippen LogP contribution is -2.57. The first-order chi connectivity index (χ1) is 19.5. The van der Waals surface area contributed by atoms with E-state index < -0.39 is 11.7 Å². The molecular formula is C30H33NO10. The van der Waals surface area contributed by atoms with Crippen LogP contribution >= 0.6 is 0 Å². The zero-order valence-corrected chi connectivity index (χ0v) is 23.6. The summed E-state index contributed by atoms with van der Waals surface area (Å²) >= 11 is 0. The van der Waals surface area contributed by atoms with Crippen LogP contribution in [0.4, 0.5) is 4.79 Å². The van der Waals surface area contributed by atoms with Crippen molar-refractivity contribution in [1.82, 2.24) is 4.90 Å². The number of amides is 1. The van der Waals surface area contributed by atoms with Crippen molar-refractivity contribution in [3.63, 3.8) is 0 Å². The maximum Gasteiger partial charge on any atom is 0.410 e. The number of ether oxygens (including phenoxy) is 6. The maximum absolute atomic E-state index is 12.0. The molecule has 0 aliphatic carbocycles. The van der Waals surface area contributed by atoms with Gasteiger partial charge in [-0.25, -0.2) is 4.79 Å². The molecule has 0 atom stereocenters. The maximum atomic E-state index is 12.0. The minimum absolute atomic E-state index is 0.0616. The summed E-state index contributed by atoms with van der Waals surface area (Å²) < 4.78 is 32.0. The molecule has 41 heavy (non-hydrogen) atoms. The van der Waals surface area contributed by atoms with E-state index in [1.54, 1.807) is 12.1 Å². The lowest BCUT2D eigenvalue weighted by atomic mass is 10.1. The van der Waals surface area contributed by atoms with Crippen LogP contribution in [0.25, 0.3) is 0 Å². The number of benzene rings is 2. The molecule has 1 saturated heterocycles. The third kappa shape index (κ3) is 8.73. The zero-order valence-electron chi connectivity index (χ0n) is 23.6. The quantitative estimate of drug-likeness (QED) is 0.335. The number of phenols is 1. The van der Waals surface area contributed by atoms with Gasteiger partial charge < -0.3 is 38.4 Å². The minimum atomic E-state index is -0.556. The minimum Gasteiger partial charge on any atom is -0.504 e. The van der Waals surface area contributed by atoms with Crippen LogP contribution in [0, 0.1) is 24.7 Å². The van der Waals surface area contributed by atoms with E-state index in [0.717, 1.165) is 0 Å². The molecule has 0 radical (unpaired) electrons. The van der Waals surface area contributed by atoms with Crippen molar-refractivity contribution >= 4 is 18.7 Å². The number of terminal acetylenes is 2. The zero-order chi connectivity index (χ0) is 30.6. The monoisotopic (exact) mass is 567 g/mol. The van der Waals surface area contributed by atoms with Gasteiger partial charge in [0.25, 0.3) is 0 Å². The lowest BCUT2D eigenvalue weighted by Gasteiger charge is -2.39. The number of carbonyl (C=O) groups is 3. The topological polar surface area (TPSA) is 130 Å². The van der Waals surface area contributed by atoms with Gasteiger partial charge in [0.1, 0.15) is 24.9 Å². The summed E-state index contributed by atoms with van der Waals surface area (Å²) in [5.41, 5.74) is -0.0925. The Morgan fingerprint density at radius 1 is 0.927 bits per heavy atom. The first-order valence-corrected chi connectivity index (χ1v) is 12.3. The number of methoxy groups -OCH3 is 2. The molecule has 3 rings (SSSR count). The molecule has 218 valence electrons. The molecule has 2 aromatic carbocycles. The molecule has 1 aliphatic rings. The predicted molar refractivity (Wildman–Crippen MR) is 149 cm³/mol. The van der Waals surface area contributed by atoms with Gasteiger partial charge >= 0.3 is 6.09 Å². The van der Waals surface area contributed by atoms with Gasteiger partial charge in [-0.05, 0) is 45.0 Å². The van der Waals surface area contributed by atoms with E-state index in [9.17, 15) is 19.5 Å². The van der Waals surface area contributed by atoms with Gasteiger partial charge in [-0.2, -0.15) is 0 Å². The number of rotatable bonds is 10. The highest BCUT2D eigenvalue weighted by atomic mass is 16.6. The van der Waals surface area contributed by atoms with Gasteiger partial charge in [0, 0.05) is 0 Å². The Kier molecular flexibility index (Phi) is 11.7. The molecule has 11 nitrogen and oxygen atoms in total. The highest BCUT2D eigenvalue weighted by Crippen LogP contribution is 2.41. The van der Waals surface area contributed by atoms with E-state index in [1.807, 2.05) is 20.8 Å².